The molecule has 0 aromatic heterocycles. The van der Waals surface area contributed by atoms with Crippen LogP contribution >= 0.6 is 34.2 Å². The van der Waals surface area contributed by atoms with Crippen LogP contribution in [0.15, 0.2) is 12.1 Å². The predicted octanol–water partition coefficient (Wildman–Crippen LogP) is 3.39. The van der Waals surface area contributed by atoms with Gasteiger partial charge in [0.15, 0.2) is 0 Å². The summed E-state index contributed by atoms with van der Waals surface area (Å²) >= 11 is 7.73. The number of hydrogen-bond acceptors (Lipinski definition) is 0. The Bertz CT molecular complexity index is 237. The Kier molecular flexibility index (Phi) is 2.52. The highest BCUT2D eigenvalue weighted by Gasteiger charge is 2.01. The Morgan fingerprint density at radius 1 is 1.50 bits per heavy atom. The summed E-state index contributed by atoms with van der Waals surface area (Å²) in [5.41, 5.74) is 0.934. The number of rotatable bonds is 0. The van der Waals surface area contributed by atoms with Crippen LogP contribution in [0.1, 0.15) is 5.56 Å². The van der Waals surface area contributed by atoms with Crippen LogP contribution in [0.2, 0.25) is 5.02 Å². The van der Waals surface area contributed by atoms with Crippen LogP contribution in [0.5, 0.6) is 0 Å². The fourth-order valence-corrected chi connectivity index (χ4v) is 1.57. The molecule has 1 rings (SSSR count). The maximum absolute atomic E-state index is 12.5. The maximum atomic E-state index is 12.5. The summed E-state index contributed by atoms with van der Waals surface area (Å²) in [5, 5.41) is 0.490. The van der Waals surface area contributed by atoms with Gasteiger partial charge in [-0.2, -0.15) is 0 Å². The Labute approximate surface area is 77.5 Å². The van der Waals surface area contributed by atoms with E-state index in [0.717, 1.165) is 9.13 Å². The van der Waals surface area contributed by atoms with Crippen molar-refractivity contribution in [1.29, 1.82) is 0 Å². The summed E-state index contributed by atoms with van der Waals surface area (Å²) in [6.07, 6.45) is 0. The van der Waals surface area contributed by atoms with E-state index in [4.69, 9.17) is 11.6 Å². The summed E-state index contributed by atoms with van der Waals surface area (Å²) < 4.78 is 13.4. The van der Waals surface area contributed by atoms with Crippen molar-refractivity contribution in [2.75, 3.05) is 0 Å². The standard InChI is InChI=1S/C7H5ClFI/c1-4-6(8)2-5(9)3-7(4)10/h2-3H,1H3. The molecule has 1 aromatic rings. The molecule has 0 saturated heterocycles. The molecule has 0 atom stereocenters. The third-order valence-electron chi connectivity index (χ3n) is 1.25. The van der Waals surface area contributed by atoms with Crippen LogP contribution in [0.4, 0.5) is 4.39 Å². The monoisotopic (exact) mass is 270 g/mol. The third-order valence-corrected chi connectivity index (χ3v) is 2.76. The van der Waals surface area contributed by atoms with Gasteiger partial charge in [0, 0.05) is 8.59 Å². The van der Waals surface area contributed by atoms with Crippen LogP contribution in [0.25, 0.3) is 0 Å². The number of benzene rings is 1. The molecular formula is C7H5ClFI. The van der Waals surface area contributed by atoms with Gasteiger partial charge >= 0.3 is 0 Å². The second-order valence-electron chi connectivity index (χ2n) is 1.99. The summed E-state index contributed by atoms with van der Waals surface area (Å²) in [6.45, 7) is 1.86. The van der Waals surface area contributed by atoms with Crippen molar-refractivity contribution in [2.45, 2.75) is 6.92 Å². The largest absolute Gasteiger partial charge is 0.207 e. The van der Waals surface area contributed by atoms with Crippen LogP contribution in [-0.2, 0) is 0 Å². The molecule has 0 unspecified atom stereocenters. The fraction of sp³-hybridized carbons (Fsp3) is 0.143. The fourth-order valence-electron chi connectivity index (χ4n) is 0.614. The molecule has 0 nitrogen and oxygen atoms in total. The van der Waals surface area contributed by atoms with Gasteiger partial charge < -0.3 is 0 Å². The average molecular weight is 270 g/mol. The summed E-state index contributed by atoms with van der Waals surface area (Å²) in [6, 6.07) is 2.78. The molecule has 0 spiro atoms. The van der Waals surface area contributed by atoms with Gasteiger partial charge in [0.05, 0.1) is 0 Å². The predicted molar refractivity (Wildman–Crippen MR) is 48.9 cm³/mol. The van der Waals surface area contributed by atoms with Gasteiger partial charge in [-0.15, -0.1) is 0 Å². The average Bonchev–Trinajstić information content (AvgIpc) is 1.82. The van der Waals surface area contributed by atoms with Gasteiger partial charge in [-0.25, -0.2) is 4.39 Å². The zero-order valence-corrected chi connectivity index (χ0v) is 8.20. The van der Waals surface area contributed by atoms with E-state index < -0.39 is 0 Å². The molecule has 54 valence electrons. The topological polar surface area (TPSA) is 0 Å². The van der Waals surface area contributed by atoms with E-state index in [-0.39, 0.29) is 5.82 Å². The van der Waals surface area contributed by atoms with Gasteiger partial charge in [-0.3, -0.25) is 0 Å². The van der Waals surface area contributed by atoms with Crippen molar-refractivity contribution in [1.82, 2.24) is 0 Å². The molecule has 0 bridgehead atoms. The molecule has 0 fully saturated rings. The molecule has 0 saturated carbocycles. The minimum Gasteiger partial charge on any atom is -0.207 e. The first-order valence-electron chi connectivity index (χ1n) is 2.72. The molecule has 0 aliphatic rings. The minimum absolute atomic E-state index is 0.278. The molecule has 0 radical (unpaired) electrons. The zero-order chi connectivity index (χ0) is 7.72. The lowest BCUT2D eigenvalue weighted by Crippen LogP contribution is -1.83. The molecule has 0 aliphatic carbocycles. The van der Waals surface area contributed by atoms with Crippen LogP contribution < -0.4 is 0 Å². The first-order valence-corrected chi connectivity index (χ1v) is 4.18. The molecule has 0 heterocycles. The molecule has 0 amide bonds. The highest BCUT2D eigenvalue weighted by atomic mass is 127. The first kappa shape index (κ1) is 8.27. The lowest BCUT2D eigenvalue weighted by atomic mass is 10.2. The molecule has 1 aromatic carbocycles. The van der Waals surface area contributed by atoms with Crippen molar-refractivity contribution in [3.05, 3.63) is 32.1 Å². The van der Waals surface area contributed by atoms with Gasteiger partial charge in [0.2, 0.25) is 0 Å². The summed E-state index contributed by atoms with van der Waals surface area (Å²) in [7, 11) is 0. The SMILES string of the molecule is Cc1c(Cl)cc(F)cc1I. The van der Waals surface area contributed by atoms with Gasteiger partial charge in [0.25, 0.3) is 0 Å². The van der Waals surface area contributed by atoms with Gasteiger partial charge in [-0.1, -0.05) is 11.6 Å². The van der Waals surface area contributed by atoms with Gasteiger partial charge in [0.1, 0.15) is 5.82 Å². The van der Waals surface area contributed by atoms with Crippen molar-refractivity contribution in [3.8, 4) is 0 Å². The quantitative estimate of drug-likeness (QED) is 0.634. The molecular weight excluding hydrogens is 265 g/mol. The van der Waals surface area contributed by atoms with E-state index in [2.05, 4.69) is 22.6 Å². The van der Waals surface area contributed by atoms with Crippen molar-refractivity contribution in [2.24, 2.45) is 0 Å². The Morgan fingerprint density at radius 3 is 2.60 bits per heavy atom. The van der Waals surface area contributed by atoms with E-state index in [1.165, 1.54) is 12.1 Å². The van der Waals surface area contributed by atoms with Crippen molar-refractivity contribution < 1.29 is 4.39 Å². The minimum atomic E-state index is -0.278. The van der Waals surface area contributed by atoms with E-state index in [9.17, 15) is 4.39 Å². The lowest BCUT2D eigenvalue weighted by Gasteiger charge is -1.99. The van der Waals surface area contributed by atoms with Crippen molar-refractivity contribution in [3.63, 3.8) is 0 Å². The van der Waals surface area contributed by atoms with E-state index >= 15 is 0 Å². The van der Waals surface area contributed by atoms with E-state index in [1.807, 2.05) is 6.92 Å². The Morgan fingerprint density at radius 2 is 2.10 bits per heavy atom. The van der Waals surface area contributed by atoms with Gasteiger partial charge in [-0.05, 0) is 47.2 Å². The number of halogens is 3. The molecule has 0 aliphatic heterocycles. The second-order valence-corrected chi connectivity index (χ2v) is 3.56. The third kappa shape index (κ3) is 1.61. The van der Waals surface area contributed by atoms with Crippen LogP contribution in [0.3, 0.4) is 0 Å². The smallest absolute Gasteiger partial charge is 0.125 e. The second kappa shape index (κ2) is 3.05. The highest BCUT2D eigenvalue weighted by molar-refractivity contribution is 14.1. The van der Waals surface area contributed by atoms with Crippen LogP contribution in [0, 0.1) is 16.3 Å². The molecule has 0 N–H and O–H groups in total. The zero-order valence-electron chi connectivity index (χ0n) is 5.29. The Balaban J connectivity index is 3.31. The lowest BCUT2D eigenvalue weighted by molar-refractivity contribution is 0.626. The number of hydrogen-bond donors (Lipinski definition) is 0. The highest BCUT2D eigenvalue weighted by Crippen LogP contribution is 2.21. The van der Waals surface area contributed by atoms with E-state index in [1.54, 1.807) is 0 Å². The molecule has 3 heteroatoms. The van der Waals surface area contributed by atoms with Crippen molar-refractivity contribution >= 4 is 34.2 Å². The molecule has 10 heavy (non-hydrogen) atoms. The first-order chi connectivity index (χ1) is 4.61. The normalized spacial score (nSPS) is 10.0. The maximum Gasteiger partial charge on any atom is 0.125 e. The summed E-state index contributed by atoms with van der Waals surface area (Å²) in [5.74, 6) is -0.278. The van der Waals surface area contributed by atoms with E-state index in [0.29, 0.717) is 5.02 Å². The summed E-state index contributed by atoms with van der Waals surface area (Å²) in [4.78, 5) is 0. The Hall–Kier alpha value is 0.170. The van der Waals surface area contributed by atoms with Crippen LogP contribution in [-0.4, -0.2) is 0 Å².